The van der Waals surface area contributed by atoms with Crippen LogP contribution in [0.2, 0.25) is 0 Å². The number of hydrogen-bond acceptors (Lipinski definition) is 3. The van der Waals surface area contributed by atoms with E-state index in [1.807, 2.05) is 31.2 Å². The summed E-state index contributed by atoms with van der Waals surface area (Å²) < 4.78 is 0. The van der Waals surface area contributed by atoms with Gasteiger partial charge in [-0.3, -0.25) is 9.59 Å². The molecule has 3 rings (SSSR count). The lowest BCUT2D eigenvalue weighted by Gasteiger charge is -2.38. The van der Waals surface area contributed by atoms with E-state index in [0.717, 1.165) is 17.7 Å². The van der Waals surface area contributed by atoms with Crippen molar-refractivity contribution in [2.24, 2.45) is 5.92 Å². The maximum absolute atomic E-state index is 12.9. The second-order valence-corrected chi connectivity index (χ2v) is 6.92. The first-order valence-electron chi connectivity index (χ1n) is 7.33. The molecule has 1 N–H and O–H groups in total. The van der Waals surface area contributed by atoms with Crippen LogP contribution >= 0.6 is 11.8 Å². The number of carbonyl (C=O) groups is 2. The maximum Gasteiger partial charge on any atom is 0.308 e. The normalized spacial score (nSPS) is 28.2. The molecular weight excluding hydrogens is 286 g/mol. The Morgan fingerprint density at radius 2 is 2.05 bits per heavy atom. The molecule has 0 aliphatic carbocycles. The molecular formula is C16H19NO3S. The molecule has 4 nitrogen and oxygen atoms in total. The molecule has 1 saturated heterocycles. The highest BCUT2D eigenvalue weighted by Crippen LogP contribution is 2.41. The highest BCUT2D eigenvalue weighted by molar-refractivity contribution is 7.99. The first-order valence-corrected chi connectivity index (χ1v) is 8.31. The van der Waals surface area contributed by atoms with Crippen LogP contribution in [0.15, 0.2) is 29.2 Å². The monoisotopic (exact) mass is 305 g/mol. The molecule has 5 heteroatoms. The molecule has 0 spiro atoms. The zero-order chi connectivity index (χ0) is 15.0. The molecule has 1 amide bonds. The van der Waals surface area contributed by atoms with E-state index < -0.39 is 11.9 Å². The zero-order valence-electron chi connectivity index (χ0n) is 12.0. The zero-order valence-corrected chi connectivity index (χ0v) is 12.8. The Hall–Kier alpha value is -1.49. The van der Waals surface area contributed by atoms with E-state index >= 15 is 0 Å². The number of carboxylic acid groups (broad SMARTS) is 1. The quantitative estimate of drug-likeness (QED) is 0.912. The fraction of sp³-hybridized carbons (Fsp3) is 0.500. The summed E-state index contributed by atoms with van der Waals surface area (Å²) in [6.45, 7) is 2.36. The van der Waals surface area contributed by atoms with E-state index in [2.05, 4.69) is 0 Å². The molecule has 1 aromatic carbocycles. The molecule has 0 aromatic heterocycles. The average molecular weight is 305 g/mol. The van der Waals surface area contributed by atoms with Crippen LogP contribution in [-0.2, 0) is 9.59 Å². The van der Waals surface area contributed by atoms with Crippen LogP contribution in [-0.4, -0.2) is 40.2 Å². The summed E-state index contributed by atoms with van der Waals surface area (Å²) in [6, 6.07) is 8.15. The van der Waals surface area contributed by atoms with Gasteiger partial charge in [-0.2, -0.15) is 0 Å². The molecule has 0 radical (unpaired) electrons. The van der Waals surface area contributed by atoms with Crippen molar-refractivity contribution in [3.05, 3.63) is 29.8 Å². The van der Waals surface area contributed by atoms with Gasteiger partial charge in [0.25, 0.3) is 0 Å². The Morgan fingerprint density at radius 3 is 2.81 bits per heavy atom. The van der Waals surface area contributed by atoms with Gasteiger partial charge in [-0.15, -0.1) is 11.8 Å². The number of carboxylic acids is 1. The minimum Gasteiger partial charge on any atom is -0.481 e. The van der Waals surface area contributed by atoms with Gasteiger partial charge >= 0.3 is 5.97 Å². The molecule has 2 aliphatic rings. The van der Waals surface area contributed by atoms with Gasteiger partial charge in [0.1, 0.15) is 0 Å². The number of fused-ring (bicyclic) bond motifs is 1. The predicted molar refractivity (Wildman–Crippen MR) is 81.4 cm³/mol. The number of thioether (sulfide) groups is 1. The van der Waals surface area contributed by atoms with Gasteiger partial charge in [0.2, 0.25) is 5.91 Å². The third-order valence-corrected chi connectivity index (χ3v) is 5.70. The summed E-state index contributed by atoms with van der Waals surface area (Å²) in [7, 11) is 0. The van der Waals surface area contributed by atoms with Crippen molar-refractivity contribution in [2.75, 3.05) is 12.3 Å². The maximum atomic E-state index is 12.9. The van der Waals surface area contributed by atoms with Gasteiger partial charge in [0.05, 0.1) is 11.8 Å². The van der Waals surface area contributed by atoms with E-state index in [0.29, 0.717) is 13.0 Å². The van der Waals surface area contributed by atoms with Gasteiger partial charge < -0.3 is 10.0 Å². The lowest BCUT2D eigenvalue weighted by Crippen LogP contribution is -2.49. The van der Waals surface area contributed by atoms with Crippen molar-refractivity contribution in [3.63, 3.8) is 0 Å². The molecule has 0 saturated carbocycles. The third kappa shape index (κ3) is 2.67. The molecule has 2 aliphatic heterocycles. The minimum atomic E-state index is -0.791. The van der Waals surface area contributed by atoms with Crippen molar-refractivity contribution in [2.45, 2.75) is 36.6 Å². The van der Waals surface area contributed by atoms with Gasteiger partial charge in [-0.05, 0) is 31.4 Å². The van der Waals surface area contributed by atoms with Crippen molar-refractivity contribution in [1.29, 1.82) is 0 Å². The average Bonchev–Trinajstić information content (AvgIpc) is 2.90. The van der Waals surface area contributed by atoms with Crippen molar-refractivity contribution in [1.82, 2.24) is 4.90 Å². The lowest BCUT2D eigenvalue weighted by atomic mass is 9.91. The summed E-state index contributed by atoms with van der Waals surface area (Å²) in [5.74, 6) is -0.485. The number of hydrogen-bond donors (Lipinski definition) is 1. The number of rotatable bonds is 2. The van der Waals surface area contributed by atoms with E-state index in [-0.39, 0.29) is 17.9 Å². The molecule has 1 aromatic rings. The first-order chi connectivity index (χ1) is 10.1. The second-order valence-electron chi connectivity index (χ2n) is 5.85. The number of aliphatic carboxylic acids is 1. The molecule has 3 atom stereocenters. The Bertz CT molecular complexity index is 574. The molecule has 1 fully saturated rings. The van der Waals surface area contributed by atoms with Crippen molar-refractivity contribution in [3.8, 4) is 0 Å². The Morgan fingerprint density at radius 1 is 1.29 bits per heavy atom. The van der Waals surface area contributed by atoms with Crippen LogP contribution in [0.25, 0.3) is 0 Å². The molecule has 3 unspecified atom stereocenters. The lowest BCUT2D eigenvalue weighted by molar-refractivity contribution is -0.147. The summed E-state index contributed by atoms with van der Waals surface area (Å²) >= 11 is 1.71. The predicted octanol–water partition coefficient (Wildman–Crippen LogP) is 2.59. The SMILES string of the molecule is CC1CCC(C(=O)O)CN1C(=O)C1CSc2ccccc21. The number of amides is 1. The van der Waals surface area contributed by atoms with Gasteiger partial charge in [-0.1, -0.05) is 18.2 Å². The van der Waals surface area contributed by atoms with Crippen LogP contribution < -0.4 is 0 Å². The van der Waals surface area contributed by atoms with Gasteiger partial charge in [0, 0.05) is 23.2 Å². The third-order valence-electron chi connectivity index (χ3n) is 4.51. The van der Waals surface area contributed by atoms with Crippen LogP contribution in [0.4, 0.5) is 0 Å². The van der Waals surface area contributed by atoms with E-state index in [1.54, 1.807) is 16.7 Å². The van der Waals surface area contributed by atoms with Crippen molar-refractivity contribution >= 4 is 23.6 Å². The number of likely N-dealkylation sites (tertiary alicyclic amines) is 1. The Balaban J connectivity index is 1.80. The number of benzene rings is 1. The van der Waals surface area contributed by atoms with E-state index in [4.69, 9.17) is 0 Å². The fourth-order valence-corrected chi connectivity index (χ4v) is 4.40. The largest absolute Gasteiger partial charge is 0.481 e. The summed E-state index contributed by atoms with van der Waals surface area (Å²) in [4.78, 5) is 27.0. The molecule has 21 heavy (non-hydrogen) atoms. The highest BCUT2D eigenvalue weighted by atomic mass is 32.2. The Labute approximate surface area is 128 Å². The van der Waals surface area contributed by atoms with Crippen LogP contribution in [0.5, 0.6) is 0 Å². The van der Waals surface area contributed by atoms with Crippen LogP contribution in [0, 0.1) is 5.92 Å². The summed E-state index contributed by atoms with van der Waals surface area (Å²) in [6.07, 6.45) is 1.43. The smallest absolute Gasteiger partial charge is 0.308 e. The van der Waals surface area contributed by atoms with Crippen LogP contribution in [0.3, 0.4) is 0 Å². The molecule has 2 heterocycles. The van der Waals surface area contributed by atoms with E-state index in [9.17, 15) is 14.7 Å². The number of piperidine rings is 1. The minimum absolute atomic E-state index is 0.0888. The van der Waals surface area contributed by atoms with Crippen LogP contribution in [0.1, 0.15) is 31.2 Å². The number of carbonyl (C=O) groups excluding carboxylic acids is 1. The Kier molecular flexibility index (Phi) is 3.93. The summed E-state index contributed by atoms with van der Waals surface area (Å²) in [5, 5.41) is 9.21. The number of nitrogens with zero attached hydrogens (tertiary/aromatic N) is 1. The summed E-state index contributed by atoms with van der Waals surface area (Å²) in [5.41, 5.74) is 1.09. The standard InChI is InChI=1S/C16H19NO3S/c1-10-6-7-11(16(19)20)8-17(10)15(18)13-9-21-14-5-3-2-4-12(13)14/h2-5,10-11,13H,6-9H2,1H3,(H,19,20). The van der Waals surface area contributed by atoms with Crippen molar-refractivity contribution < 1.29 is 14.7 Å². The molecule has 0 bridgehead atoms. The van der Waals surface area contributed by atoms with E-state index in [1.165, 1.54) is 4.90 Å². The van der Waals surface area contributed by atoms with Gasteiger partial charge in [0.15, 0.2) is 0 Å². The first kappa shape index (κ1) is 14.4. The molecule has 112 valence electrons. The topological polar surface area (TPSA) is 57.6 Å². The second kappa shape index (κ2) is 5.72. The fourth-order valence-electron chi connectivity index (χ4n) is 3.18. The van der Waals surface area contributed by atoms with Gasteiger partial charge in [-0.25, -0.2) is 0 Å². The highest BCUT2D eigenvalue weighted by Gasteiger charge is 2.38.